The van der Waals surface area contributed by atoms with E-state index in [-0.39, 0.29) is 6.03 Å². The van der Waals surface area contributed by atoms with Gasteiger partial charge in [-0.15, -0.1) is 0 Å². The fourth-order valence-electron chi connectivity index (χ4n) is 1.66. The van der Waals surface area contributed by atoms with Crippen molar-refractivity contribution in [2.45, 2.75) is 13.5 Å². The number of anilines is 2. The highest BCUT2D eigenvalue weighted by molar-refractivity contribution is 5.89. The van der Waals surface area contributed by atoms with Crippen LogP contribution >= 0.6 is 0 Å². The summed E-state index contributed by atoms with van der Waals surface area (Å²) in [4.78, 5) is 19.5. The maximum absolute atomic E-state index is 11.2. The molecule has 0 aliphatic rings. The Labute approximate surface area is 117 Å². The molecule has 1 aromatic carbocycles. The molecule has 0 aliphatic heterocycles. The first-order valence-electron chi connectivity index (χ1n) is 6.28. The highest BCUT2D eigenvalue weighted by Gasteiger charge is 1.99. The van der Waals surface area contributed by atoms with Crippen LogP contribution in [0.2, 0.25) is 0 Å². The number of amides is 2. The van der Waals surface area contributed by atoms with Crippen molar-refractivity contribution in [1.82, 2.24) is 15.3 Å². The molecule has 3 N–H and O–H groups in total. The van der Waals surface area contributed by atoms with Gasteiger partial charge in [-0.1, -0.05) is 0 Å². The second-order valence-electron chi connectivity index (χ2n) is 4.23. The van der Waals surface area contributed by atoms with Crippen LogP contribution in [0.5, 0.6) is 0 Å². The third kappa shape index (κ3) is 3.94. The highest BCUT2D eigenvalue weighted by atomic mass is 16.2. The Hall–Kier alpha value is -2.63. The van der Waals surface area contributed by atoms with Gasteiger partial charge in [-0.25, -0.2) is 14.8 Å². The van der Waals surface area contributed by atoms with Gasteiger partial charge in [0.1, 0.15) is 5.82 Å². The summed E-state index contributed by atoms with van der Waals surface area (Å²) in [6.07, 6.45) is 1.75. The third-order valence-electron chi connectivity index (χ3n) is 2.68. The predicted molar refractivity (Wildman–Crippen MR) is 78.6 cm³/mol. The van der Waals surface area contributed by atoms with Crippen molar-refractivity contribution in [3.8, 4) is 0 Å². The Bertz CT molecular complexity index is 582. The van der Waals surface area contributed by atoms with Crippen molar-refractivity contribution in [3.63, 3.8) is 0 Å². The van der Waals surface area contributed by atoms with Gasteiger partial charge in [-0.05, 0) is 37.3 Å². The molecule has 2 aromatic rings. The van der Waals surface area contributed by atoms with Gasteiger partial charge in [-0.3, -0.25) is 0 Å². The number of benzene rings is 1. The maximum Gasteiger partial charge on any atom is 0.318 e. The summed E-state index contributed by atoms with van der Waals surface area (Å²) in [5.74, 6) is 0.759. The molecule has 0 saturated carbocycles. The number of carbonyl (C=O) groups excluding carboxylic acids is 1. The molecule has 6 heteroatoms. The predicted octanol–water partition coefficient (Wildman–Crippen LogP) is 2.15. The molecule has 2 rings (SSSR count). The Morgan fingerprint density at radius 3 is 2.50 bits per heavy atom. The number of hydrogen-bond donors (Lipinski definition) is 3. The lowest BCUT2D eigenvalue weighted by molar-refractivity contribution is 0.254. The first-order chi connectivity index (χ1) is 9.67. The minimum absolute atomic E-state index is 0.234. The Balaban J connectivity index is 1.92. The molecule has 20 heavy (non-hydrogen) atoms. The zero-order valence-electron chi connectivity index (χ0n) is 11.5. The van der Waals surface area contributed by atoms with Gasteiger partial charge in [0, 0.05) is 24.6 Å². The molecule has 0 atom stereocenters. The van der Waals surface area contributed by atoms with Crippen LogP contribution in [0, 0.1) is 6.92 Å². The Morgan fingerprint density at radius 2 is 1.85 bits per heavy atom. The third-order valence-corrected chi connectivity index (χ3v) is 2.68. The molecular formula is C14H17N5O. The zero-order valence-corrected chi connectivity index (χ0v) is 11.5. The van der Waals surface area contributed by atoms with Crippen LogP contribution in [0.4, 0.5) is 16.2 Å². The van der Waals surface area contributed by atoms with Crippen LogP contribution in [-0.2, 0) is 6.54 Å². The maximum atomic E-state index is 11.2. The monoisotopic (exact) mass is 271 g/mol. The van der Waals surface area contributed by atoms with E-state index in [9.17, 15) is 4.79 Å². The van der Waals surface area contributed by atoms with Gasteiger partial charge in [0.15, 0.2) is 0 Å². The summed E-state index contributed by atoms with van der Waals surface area (Å²) in [5.41, 5.74) is 2.64. The van der Waals surface area contributed by atoms with Crippen LogP contribution in [0.25, 0.3) is 0 Å². The molecule has 1 heterocycles. The summed E-state index contributed by atoms with van der Waals surface area (Å²) < 4.78 is 0. The number of nitrogens with zero attached hydrogens (tertiary/aromatic N) is 2. The van der Waals surface area contributed by atoms with E-state index in [2.05, 4.69) is 25.9 Å². The number of aryl methyl sites for hydroxylation is 1. The van der Waals surface area contributed by atoms with E-state index in [0.29, 0.717) is 6.54 Å². The lowest BCUT2D eigenvalue weighted by Crippen LogP contribution is -2.24. The van der Waals surface area contributed by atoms with Crippen molar-refractivity contribution >= 4 is 17.4 Å². The summed E-state index contributed by atoms with van der Waals surface area (Å²) in [5, 5.41) is 8.47. The number of rotatable bonds is 4. The summed E-state index contributed by atoms with van der Waals surface area (Å²) in [7, 11) is 1.58. The largest absolute Gasteiger partial charge is 0.379 e. The lowest BCUT2D eigenvalue weighted by Gasteiger charge is -2.08. The molecule has 0 fully saturated rings. The number of hydrogen-bond acceptors (Lipinski definition) is 4. The summed E-state index contributed by atoms with van der Waals surface area (Å²) in [6, 6.07) is 9.12. The van der Waals surface area contributed by atoms with Gasteiger partial charge < -0.3 is 16.0 Å². The van der Waals surface area contributed by atoms with Crippen molar-refractivity contribution in [3.05, 3.63) is 48.0 Å². The van der Waals surface area contributed by atoms with Crippen LogP contribution in [0.1, 0.15) is 11.5 Å². The molecule has 0 radical (unpaired) electrons. The average Bonchev–Trinajstić information content (AvgIpc) is 2.46. The van der Waals surface area contributed by atoms with E-state index in [1.807, 2.05) is 37.3 Å². The highest BCUT2D eigenvalue weighted by Crippen LogP contribution is 2.14. The zero-order chi connectivity index (χ0) is 14.4. The molecule has 0 saturated heterocycles. The quantitative estimate of drug-likeness (QED) is 0.796. The topological polar surface area (TPSA) is 78.9 Å². The Morgan fingerprint density at radius 1 is 1.15 bits per heavy atom. The number of aromatic nitrogens is 2. The molecule has 0 spiro atoms. The van der Waals surface area contributed by atoms with E-state index in [4.69, 9.17) is 0 Å². The van der Waals surface area contributed by atoms with Crippen molar-refractivity contribution < 1.29 is 4.79 Å². The lowest BCUT2D eigenvalue weighted by atomic mass is 10.2. The van der Waals surface area contributed by atoms with E-state index in [1.165, 1.54) is 0 Å². The van der Waals surface area contributed by atoms with Crippen molar-refractivity contribution in [1.29, 1.82) is 0 Å². The van der Waals surface area contributed by atoms with Crippen LogP contribution in [0.15, 0.2) is 36.5 Å². The second-order valence-corrected chi connectivity index (χ2v) is 4.23. The van der Waals surface area contributed by atoms with Gasteiger partial charge in [0.05, 0.1) is 12.2 Å². The number of urea groups is 1. The van der Waals surface area contributed by atoms with Gasteiger partial charge >= 0.3 is 6.03 Å². The Kier molecular flexibility index (Phi) is 4.49. The first kappa shape index (κ1) is 13.8. The fraction of sp³-hybridized carbons (Fsp3) is 0.214. The smallest absolute Gasteiger partial charge is 0.318 e. The molecular weight excluding hydrogens is 254 g/mol. The molecule has 1 aromatic heterocycles. The van der Waals surface area contributed by atoms with Crippen molar-refractivity contribution in [2.24, 2.45) is 0 Å². The van der Waals surface area contributed by atoms with Crippen LogP contribution < -0.4 is 16.0 Å². The number of nitrogens with one attached hydrogen (secondary N) is 3. The summed E-state index contributed by atoms with van der Waals surface area (Å²) >= 11 is 0. The van der Waals surface area contributed by atoms with Gasteiger partial charge in [0.2, 0.25) is 0 Å². The minimum atomic E-state index is -0.234. The van der Waals surface area contributed by atoms with E-state index >= 15 is 0 Å². The molecule has 104 valence electrons. The van der Waals surface area contributed by atoms with E-state index < -0.39 is 0 Å². The molecule has 0 bridgehead atoms. The van der Waals surface area contributed by atoms with E-state index in [0.717, 1.165) is 22.9 Å². The molecule has 0 unspecified atom stereocenters. The molecule has 6 nitrogen and oxygen atoms in total. The van der Waals surface area contributed by atoms with Gasteiger partial charge in [-0.2, -0.15) is 0 Å². The van der Waals surface area contributed by atoms with Crippen LogP contribution in [-0.4, -0.2) is 23.0 Å². The SMILES string of the molecule is CNC(=O)Nc1ccc(NCc2ccnc(C)n2)cc1. The normalized spacial score (nSPS) is 9.90. The number of carbonyl (C=O) groups is 1. The minimum Gasteiger partial charge on any atom is -0.379 e. The summed E-state index contributed by atoms with van der Waals surface area (Å²) in [6.45, 7) is 2.49. The van der Waals surface area contributed by atoms with Crippen molar-refractivity contribution in [2.75, 3.05) is 17.7 Å². The fourth-order valence-corrected chi connectivity index (χ4v) is 1.66. The van der Waals surface area contributed by atoms with E-state index in [1.54, 1.807) is 13.2 Å². The standard InChI is InChI=1S/C14H17N5O/c1-10-16-8-7-13(18-10)9-17-11-3-5-12(6-4-11)19-14(20)15-2/h3-8,17H,9H2,1-2H3,(H2,15,19,20). The van der Waals surface area contributed by atoms with Crippen LogP contribution in [0.3, 0.4) is 0 Å². The van der Waals surface area contributed by atoms with Gasteiger partial charge in [0.25, 0.3) is 0 Å². The second kappa shape index (κ2) is 6.51. The molecule has 0 aliphatic carbocycles. The average molecular weight is 271 g/mol. The molecule has 2 amide bonds. The first-order valence-corrected chi connectivity index (χ1v) is 6.28.